The molecule has 1 aromatic heterocycles. The van der Waals surface area contributed by atoms with E-state index in [1.165, 1.54) is 6.26 Å². The molecule has 4 rings (SSSR count). The van der Waals surface area contributed by atoms with Crippen LogP contribution in [-0.4, -0.2) is 59.0 Å². The van der Waals surface area contributed by atoms with E-state index in [0.717, 1.165) is 12.8 Å². The van der Waals surface area contributed by atoms with E-state index in [0.29, 0.717) is 18.8 Å². The Hall–Kier alpha value is -2.51. The first-order valence-electron chi connectivity index (χ1n) is 8.57. The fourth-order valence-corrected chi connectivity index (χ4v) is 3.97. The van der Waals surface area contributed by atoms with E-state index < -0.39 is 11.4 Å². The predicted octanol–water partition coefficient (Wildman–Crippen LogP) is 0.744. The van der Waals surface area contributed by atoms with Crippen LogP contribution >= 0.6 is 0 Å². The van der Waals surface area contributed by atoms with Gasteiger partial charge in [-0.05, 0) is 25.0 Å². The van der Waals surface area contributed by atoms with E-state index in [2.05, 4.69) is 5.32 Å². The number of hydrogen-bond acceptors (Lipinski definition) is 4. The van der Waals surface area contributed by atoms with Crippen LogP contribution in [0.3, 0.4) is 0 Å². The van der Waals surface area contributed by atoms with Crippen molar-refractivity contribution in [2.75, 3.05) is 26.2 Å². The molecule has 0 radical (unpaired) electrons. The first kappa shape index (κ1) is 16.0. The molecule has 0 spiro atoms. The molecule has 25 heavy (non-hydrogen) atoms. The molecule has 2 atom stereocenters. The van der Waals surface area contributed by atoms with Gasteiger partial charge in [-0.15, -0.1) is 0 Å². The Kier molecular flexibility index (Phi) is 3.70. The Bertz CT molecular complexity index is 699. The second-order valence-corrected chi connectivity index (χ2v) is 7.27. The third-order valence-electron chi connectivity index (χ3n) is 5.55. The van der Waals surface area contributed by atoms with E-state index in [9.17, 15) is 19.5 Å². The number of furan rings is 1. The molecule has 2 N–H and O–H groups in total. The van der Waals surface area contributed by atoms with Gasteiger partial charge in [0.25, 0.3) is 0 Å². The molecule has 3 aliphatic rings. The van der Waals surface area contributed by atoms with Gasteiger partial charge in [-0.25, -0.2) is 4.79 Å². The Morgan fingerprint density at radius 2 is 1.96 bits per heavy atom. The van der Waals surface area contributed by atoms with Crippen molar-refractivity contribution in [3.63, 3.8) is 0 Å². The van der Waals surface area contributed by atoms with Gasteiger partial charge in [0, 0.05) is 38.0 Å². The zero-order valence-electron chi connectivity index (χ0n) is 13.8. The van der Waals surface area contributed by atoms with Crippen LogP contribution in [0.1, 0.15) is 18.6 Å². The quantitative estimate of drug-likeness (QED) is 0.836. The normalized spacial score (nSPS) is 28.1. The summed E-state index contributed by atoms with van der Waals surface area (Å²) in [6.45, 7) is 1.36. The summed E-state index contributed by atoms with van der Waals surface area (Å²) in [5, 5.41) is 12.6. The molecule has 0 unspecified atom stereocenters. The van der Waals surface area contributed by atoms with Gasteiger partial charge in [-0.1, -0.05) is 0 Å². The number of aliphatic carboxylic acids is 1. The lowest BCUT2D eigenvalue weighted by atomic mass is 9.81. The Labute approximate surface area is 144 Å². The third-order valence-corrected chi connectivity index (χ3v) is 5.55. The molecule has 0 bridgehead atoms. The average molecular weight is 347 g/mol. The number of carbonyl (C=O) groups excluding carboxylic acids is 2. The smallest absolute Gasteiger partial charge is 0.317 e. The monoisotopic (exact) mass is 347 g/mol. The number of carbonyl (C=O) groups is 3. The highest BCUT2D eigenvalue weighted by molar-refractivity contribution is 5.85. The number of carboxylic acids is 1. The molecule has 0 aromatic carbocycles. The van der Waals surface area contributed by atoms with Gasteiger partial charge in [0.1, 0.15) is 11.2 Å². The molecule has 2 saturated heterocycles. The summed E-state index contributed by atoms with van der Waals surface area (Å²) in [5.74, 6) is -0.352. The molecule has 134 valence electrons. The maximum absolute atomic E-state index is 12.4. The standard InChI is InChI=1S/C17H21N3O5/c21-14(11-3-4-11)19-7-12-8-20(10-17(12,9-19)15(22)23)16(24)18-6-13-2-1-5-25-13/h1-2,5,11-12H,3-4,6-10H2,(H,18,24)(H,22,23)/t12-,17-/m0/s1. The van der Waals surface area contributed by atoms with E-state index in [4.69, 9.17) is 4.42 Å². The highest BCUT2D eigenvalue weighted by Crippen LogP contribution is 2.44. The van der Waals surface area contributed by atoms with Gasteiger partial charge in [0.15, 0.2) is 0 Å². The number of nitrogens with zero attached hydrogens (tertiary/aromatic N) is 2. The topological polar surface area (TPSA) is 103 Å². The average Bonchev–Trinajstić information content (AvgIpc) is 3.02. The van der Waals surface area contributed by atoms with Crippen LogP contribution in [0.15, 0.2) is 22.8 Å². The number of likely N-dealkylation sites (tertiary alicyclic amines) is 2. The zero-order chi connectivity index (χ0) is 17.6. The minimum Gasteiger partial charge on any atom is -0.481 e. The summed E-state index contributed by atoms with van der Waals surface area (Å²) in [6, 6.07) is 3.21. The molecule has 3 fully saturated rings. The van der Waals surface area contributed by atoms with Crippen LogP contribution in [0.25, 0.3) is 0 Å². The van der Waals surface area contributed by atoms with E-state index in [-0.39, 0.29) is 43.4 Å². The minimum absolute atomic E-state index is 0.0730. The fraction of sp³-hybridized carbons (Fsp3) is 0.588. The first-order valence-corrected chi connectivity index (χ1v) is 8.57. The van der Waals surface area contributed by atoms with Crippen molar-refractivity contribution in [1.29, 1.82) is 0 Å². The molecule has 8 nitrogen and oxygen atoms in total. The molecular weight excluding hydrogens is 326 g/mol. The van der Waals surface area contributed by atoms with Crippen LogP contribution in [0.5, 0.6) is 0 Å². The number of carboxylic acid groups (broad SMARTS) is 1. The van der Waals surface area contributed by atoms with Gasteiger partial charge >= 0.3 is 12.0 Å². The summed E-state index contributed by atoms with van der Waals surface area (Å²) in [6.07, 6.45) is 3.34. The predicted molar refractivity (Wildman–Crippen MR) is 85.4 cm³/mol. The summed E-state index contributed by atoms with van der Waals surface area (Å²) in [7, 11) is 0. The lowest BCUT2D eigenvalue weighted by Gasteiger charge is -2.25. The highest BCUT2D eigenvalue weighted by Gasteiger charge is 2.60. The molecule has 8 heteroatoms. The van der Waals surface area contributed by atoms with Crippen molar-refractivity contribution in [2.45, 2.75) is 19.4 Å². The number of urea groups is 1. The zero-order valence-corrected chi connectivity index (χ0v) is 13.8. The Morgan fingerprint density at radius 1 is 1.24 bits per heavy atom. The molecule has 1 saturated carbocycles. The highest BCUT2D eigenvalue weighted by atomic mass is 16.4. The second-order valence-electron chi connectivity index (χ2n) is 7.27. The maximum Gasteiger partial charge on any atom is 0.317 e. The number of hydrogen-bond donors (Lipinski definition) is 2. The van der Waals surface area contributed by atoms with Gasteiger partial charge in [0.2, 0.25) is 5.91 Å². The molecule has 1 aromatic rings. The van der Waals surface area contributed by atoms with Crippen molar-refractivity contribution in [2.24, 2.45) is 17.3 Å². The van der Waals surface area contributed by atoms with Crippen LogP contribution in [-0.2, 0) is 16.1 Å². The number of nitrogens with one attached hydrogen (secondary N) is 1. The maximum atomic E-state index is 12.4. The summed E-state index contributed by atoms with van der Waals surface area (Å²) in [4.78, 5) is 39.8. The lowest BCUT2D eigenvalue weighted by molar-refractivity contribution is -0.149. The van der Waals surface area contributed by atoms with Gasteiger partial charge in [-0.2, -0.15) is 0 Å². The molecule has 1 aliphatic carbocycles. The largest absolute Gasteiger partial charge is 0.481 e. The number of fused-ring (bicyclic) bond motifs is 1. The van der Waals surface area contributed by atoms with E-state index in [1.54, 1.807) is 21.9 Å². The number of rotatable bonds is 4. The molecule has 3 amide bonds. The van der Waals surface area contributed by atoms with Crippen molar-refractivity contribution >= 4 is 17.9 Å². The van der Waals surface area contributed by atoms with Crippen molar-refractivity contribution in [1.82, 2.24) is 15.1 Å². The van der Waals surface area contributed by atoms with Crippen molar-refractivity contribution in [3.05, 3.63) is 24.2 Å². The van der Waals surface area contributed by atoms with Crippen LogP contribution in [0.2, 0.25) is 0 Å². The molecular formula is C17H21N3O5. The van der Waals surface area contributed by atoms with Crippen LogP contribution in [0, 0.1) is 17.3 Å². The third kappa shape index (κ3) is 2.75. The lowest BCUT2D eigenvalue weighted by Crippen LogP contribution is -2.45. The minimum atomic E-state index is -1.05. The van der Waals surface area contributed by atoms with E-state index in [1.807, 2.05) is 0 Å². The Balaban J connectivity index is 1.41. The SMILES string of the molecule is O=C(NCc1ccco1)N1C[C@@H]2CN(C(=O)C3CC3)C[C@]2(C(=O)O)C1. The molecule has 2 aliphatic heterocycles. The van der Waals surface area contributed by atoms with E-state index >= 15 is 0 Å². The van der Waals surface area contributed by atoms with Crippen molar-refractivity contribution < 1.29 is 23.9 Å². The van der Waals surface area contributed by atoms with Crippen LogP contribution < -0.4 is 5.32 Å². The summed E-state index contributed by atoms with van der Waals surface area (Å²) >= 11 is 0. The number of amides is 3. The first-order chi connectivity index (χ1) is 12.0. The Morgan fingerprint density at radius 3 is 2.56 bits per heavy atom. The van der Waals surface area contributed by atoms with Gasteiger partial charge in [-0.3, -0.25) is 9.59 Å². The summed E-state index contributed by atoms with van der Waals surface area (Å²) in [5.41, 5.74) is -1.05. The van der Waals surface area contributed by atoms with Crippen LogP contribution in [0.4, 0.5) is 4.79 Å². The summed E-state index contributed by atoms with van der Waals surface area (Å²) < 4.78 is 5.18. The second kappa shape index (κ2) is 5.79. The van der Waals surface area contributed by atoms with Crippen molar-refractivity contribution in [3.8, 4) is 0 Å². The van der Waals surface area contributed by atoms with Gasteiger partial charge in [0.05, 0.1) is 12.8 Å². The molecule has 3 heterocycles. The van der Waals surface area contributed by atoms with Gasteiger partial charge < -0.3 is 24.6 Å². The fourth-order valence-electron chi connectivity index (χ4n) is 3.97.